The highest BCUT2D eigenvalue weighted by Crippen LogP contribution is 2.24. The summed E-state index contributed by atoms with van der Waals surface area (Å²) in [4.78, 5) is 24.5. The first-order valence-electron chi connectivity index (χ1n) is 9.41. The number of hydrazone groups is 1. The molecule has 0 radical (unpaired) electrons. The SMILES string of the molecule is O=C(CN1CCN(S(=O)(=O)c2ccc(Br)cc2)CC1)N/N=C/c1ccc(Cl)c([N+](=O)[O-])c1. The fourth-order valence-corrected chi connectivity index (χ4v) is 4.92. The normalized spacial score (nSPS) is 15.7. The molecule has 3 rings (SSSR count). The molecule has 1 saturated heterocycles. The average molecular weight is 545 g/mol. The van der Waals surface area contributed by atoms with Gasteiger partial charge in [0.05, 0.1) is 22.6 Å². The molecule has 0 bridgehead atoms. The molecule has 1 N–H and O–H groups in total. The maximum atomic E-state index is 12.7. The summed E-state index contributed by atoms with van der Waals surface area (Å²) in [6.07, 6.45) is 1.28. The van der Waals surface area contributed by atoms with Crippen molar-refractivity contribution in [3.8, 4) is 0 Å². The quantitative estimate of drug-likeness (QED) is 0.324. The molecule has 1 heterocycles. The van der Waals surface area contributed by atoms with E-state index in [0.29, 0.717) is 18.7 Å². The van der Waals surface area contributed by atoms with Crippen LogP contribution in [-0.4, -0.2) is 67.4 Å². The molecule has 2 aromatic carbocycles. The first-order chi connectivity index (χ1) is 15.2. The van der Waals surface area contributed by atoms with E-state index in [4.69, 9.17) is 11.6 Å². The predicted octanol–water partition coefficient (Wildman–Crippen LogP) is 2.47. The Kier molecular flexibility index (Phi) is 7.96. The smallest absolute Gasteiger partial charge is 0.288 e. The van der Waals surface area contributed by atoms with Crippen molar-refractivity contribution in [1.82, 2.24) is 14.6 Å². The second-order valence-corrected chi connectivity index (χ2v) is 10.2. The molecule has 1 aliphatic rings. The van der Waals surface area contributed by atoms with Gasteiger partial charge in [-0.25, -0.2) is 13.8 Å². The second-order valence-electron chi connectivity index (χ2n) is 6.90. The highest BCUT2D eigenvalue weighted by Gasteiger charge is 2.29. The number of nitrogens with zero attached hydrogens (tertiary/aromatic N) is 4. The molecule has 32 heavy (non-hydrogen) atoms. The van der Waals surface area contributed by atoms with Gasteiger partial charge in [-0.3, -0.25) is 19.8 Å². The third-order valence-electron chi connectivity index (χ3n) is 4.72. The fraction of sp³-hybridized carbons (Fsp3) is 0.263. The Labute approximate surface area is 198 Å². The van der Waals surface area contributed by atoms with Gasteiger partial charge in [0, 0.05) is 42.3 Å². The summed E-state index contributed by atoms with van der Waals surface area (Å²) in [6.45, 7) is 1.38. The van der Waals surface area contributed by atoms with Gasteiger partial charge in [-0.1, -0.05) is 33.6 Å². The number of amides is 1. The van der Waals surface area contributed by atoms with Crippen LogP contribution in [0.5, 0.6) is 0 Å². The number of sulfonamides is 1. The number of rotatable bonds is 7. The molecule has 0 aromatic heterocycles. The van der Waals surface area contributed by atoms with Gasteiger partial charge >= 0.3 is 0 Å². The maximum absolute atomic E-state index is 12.7. The van der Waals surface area contributed by atoms with Gasteiger partial charge < -0.3 is 0 Å². The molecular formula is C19H19BrClN5O5S. The van der Waals surface area contributed by atoms with Gasteiger partial charge in [0.2, 0.25) is 10.0 Å². The number of carbonyl (C=O) groups excluding carboxylic acids is 1. The van der Waals surface area contributed by atoms with E-state index < -0.39 is 14.9 Å². The van der Waals surface area contributed by atoms with E-state index in [1.165, 1.54) is 28.7 Å². The van der Waals surface area contributed by atoms with Gasteiger partial charge in [-0.05, 0) is 30.3 Å². The Hall–Kier alpha value is -2.38. The molecule has 170 valence electrons. The number of nitro groups is 1. The fourth-order valence-electron chi connectivity index (χ4n) is 3.05. The molecule has 0 saturated carbocycles. The summed E-state index contributed by atoms with van der Waals surface area (Å²) in [6, 6.07) is 10.6. The largest absolute Gasteiger partial charge is 0.292 e. The first-order valence-corrected chi connectivity index (χ1v) is 12.0. The van der Waals surface area contributed by atoms with Crippen LogP contribution >= 0.6 is 27.5 Å². The topological polar surface area (TPSA) is 125 Å². The lowest BCUT2D eigenvalue weighted by Gasteiger charge is -2.33. The Balaban J connectivity index is 1.49. The van der Waals surface area contributed by atoms with Crippen LogP contribution in [0.3, 0.4) is 0 Å². The average Bonchev–Trinajstić information content (AvgIpc) is 2.75. The molecule has 0 spiro atoms. The third-order valence-corrected chi connectivity index (χ3v) is 7.48. The Morgan fingerprint density at radius 2 is 1.84 bits per heavy atom. The summed E-state index contributed by atoms with van der Waals surface area (Å²) in [5.74, 6) is -0.381. The van der Waals surface area contributed by atoms with Crippen LogP contribution in [-0.2, 0) is 14.8 Å². The molecule has 10 nitrogen and oxygen atoms in total. The molecule has 0 aliphatic carbocycles. The van der Waals surface area contributed by atoms with Crippen molar-refractivity contribution < 1.29 is 18.1 Å². The zero-order valence-corrected chi connectivity index (χ0v) is 19.8. The minimum Gasteiger partial charge on any atom is -0.292 e. The summed E-state index contributed by atoms with van der Waals surface area (Å²) >= 11 is 9.05. The van der Waals surface area contributed by atoms with Crippen LogP contribution in [0, 0.1) is 10.1 Å². The highest BCUT2D eigenvalue weighted by molar-refractivity contribution is 9.10. The van der Waals surface area contributed by atoms with Gasteiger partial charge in [0.15, 0.2) is 0 Å². The molecule has 13 heteroatoms. The van der Waals surface area contributed by atoms with Crippen molar-refractivity contribution in [3.05, 3.63) is 67.6 Å². The molecule has 0 atom stereocenters. The van der Waals surface area contributed by atoms with Crippen molar-refractivity contribution in [2.75, 3.05) is 32.7 Å². The van der Waals surface area contributed by atoms with E-state index in [0.717, 1.165) is 4.47 Å². The number of piperazine rings is 1. The van der Waals surface area contributed by atoms with Crippen LogP contribution in [0.15, 0.2) is 56.9 Å². The van der Waals surface area contributed by atoms with Crippen molar-refractivity contribution in [3.63, 3.8) is 0 Å². The molecule has 2 aromatic rings. The first kappa shape index (κ1) is 24.3. The zero-order chi connectivity index (χ0) is 23.3. The number of nitro benzene ring substituents is 1. The number of halogens is 2. The lowest BCUT2D eigenvalue weighted by Crippen LogP contribution is -2.50. The summed E-state index contributed by atoms with van der Waals surface area (Å²) in [5.41, 5.74) is 2.52. The Morgan fingerprint density at radius 1 is 1.19 bits per heavy atom. The van der Waals surface area contributed by atoms with E-state index in [1.54, 1.807) is 24.3 Å². The highest BCUT2D eigenvalue weighted by atomic mass is 79.9. The minimum atomic E-state index is -3.58. The van der Waals surface area contributed by atoms with Gasteiger partial charge in [-0.15, -0.1) is 0 Å². The minimum absolute atomic E-state index is 0.0116. The molecular weight excluding hydrogens is 526 g/mol. The number of carbonyl (C=O) groups is 1. The van der Waals surface area contributed by atoms with Crippen molar-refractivity contribution in [2.24, 2.45) is 5.10 Å². The molecule has 1 aliphatic heterocycles. The summed E-state index contributed by atoms with van der Waals surface area (Å²) in [7, 11) is -3.58. The van der Waals surface area contributed by atoms with Crippen LogP contribution in [0.25, 0.3) is 0 Å². The van der Waals surface area contributed by atoms with Crippen LogP contribution < -0.4 is 5.43 Å². The monoisotopic (exact) mass is 543 g/mol. The Morgan fingerprint density at radius 3 is 2.47 bits per heavy atom. The lowest BCUT2D eigenvalue weighted by atomic mass is 10.2. The van der Waals surface area contributed by atoms with Gasteiger partial charge in [-0.2, -0.15) is 9.41 Å². The third kappa shape index (κ3) is 6.11. The summed E-state index contributed by atoms with van der Waals surface area (Å²) < 4.78 is 27.7. The second kappa shape index (κ2) is 10.5. The van der Waals surface area contributed by atoms with E-state index >= 15 is 0 Å². The van der Waals surface area contributed by atoms with E-state index in [-0.39, 0.29) is 41.1 Å². The van der Waals surface area contributed by atoms with Gasteiger partial charge in [0.1, 0.15) is 5.02 Å². The van der Waals surface area contributed by atoms with Crippen molar-refractivity contribution >= 4 is 55.4 Å². The summed E-state index contributed by atoms with van der Waals surface area (Å²) in [5, 5.41) is 14.7. The van der Waals surface area contributed by atoms with Gasteiger partial charge in [0.25, 0.3) is 11.6 Å². The van der Waals surface area contributed by atoms with E-state index in [2.05, 4.69) is 26.5 Å². The number of benzene rings is 2. The van der Waals surface area contributed by atoms with Crippen LogP contribution in [0.1, 0.15) is 5.56 Å². The van der Waals surface area contributed by atoms with E-state index in [9.17, 15) is 23.3 Å². The molecule has 1 fully saturated rings. The van der Waals surface area contributed by atoms with Crippen LogP contribution in [0.4, 0.5) is 5.69 Å². The lowest BCUT2D eigenvalue weighted by molar-refractivity contribution is -0.384. The predicted molar refractivity (Wildman–Crippen MR) is 123 cm³/mol. The standard InChI is InChI=1S/C19H19BrClN5O5S/c20-15-2-4-16(5-3-15)32(30,31)25-9-7-24(8-10-25)13-19(27)23-22-12-14-1-6-17(21)18(11-14)26(28)29/h1-6,11-12H,7-10,13H2,(H,23,27)/b22-12+. The zero-order valence-electron chi connectivity index (χ0n) is 16.6. The van der Waals surface area contributed by atoms with E-state index in [1.807, 2.05) is 4.90 Å². The number of hydrogen-bond acceptors (Lipinski definition) is 7. The number of hydrogen-bond donors (Lipinski definition) is 1. The van der Waals surface area contributed by atoms with Crippen molar-refractivity contribution in [1.29, 1.82) is 0 Å². The van der Waals surface area contributed by atoms with Crippen LogP contribution in [0.2, 0.25) is 5.02 Å². The number of nitrogens with one attached hydrogen (secondary N) is 1. The molecule has 1 amide bonds. The molecule has 0 unspecified atom stereocenters. The van der Waals surface area contributed by atoms with Crippen molar-refractivity contribution in [2.45, 2.75) is 4.90 Å². The maximum Gasteiger partial charge on any atom is 0.288 e. The Bertz CT molecular complexity index is 1140.